The summed E-state index contributed by atoms with van der Waals surface area (Å²) in [6.07, 6.45) is 15.5. The molecule has 1 fully saturated rings. The minimum absolute atomic E-state index is 1.21. The van der Waals surface area contributed by atoms with E-state index < -0.39 is 0 Å². The molecule has 0 saturated carbocycles. The molecule has 19 heavy (non-hydrogen) atoms. The zero-order valence-electron chi connectivity index (χ0n) is 13.3. The van der Waals surface area contributed by atoms with Gasteiger partial charge in [0, 0.05) is 0 Å². The summed E-state index contributed by atoms with van der Waals surface area (Å²) >= 11 is 0. The van der Waals surface area contributed by atoms with Crippen molar-refractivity contribution in [1.82, 2.24) is 10.2 Å². The van der Waals surface area contributed by atoms with Crippen LogP contribution in [0.15, 0.2) is 0 Å². The van der Waals surface area contributed by atoms with Crippen LogP contribution in [-0.4, -0.2) is 37.6 Å². The molecule has 2 nitrogen and oxygen atoms in total. The van der Waals surface area contributed by atoms with Crippen molar-refractivity contribution < 1.29 is 0 Å². The molecule has 1 saturated heterocycles. The largest absolute Gasteiger partial charge is 0.317 e. The second-order valence-corrected chi connectivity index (χ2v) is 6.13. The Hall–Kier alpha value is -0.0800. The van der Waals surface area contributed by atoms with E-state index in [-0.39, 0.29) is 0 Å². The Morgan fingerprint density at radius 2 is 1.37 bits per heavy atom. The van der Waals surface area contributed by atoms with Gasteiger partial charge in [0.25, 0.3) is 0 Å². The third kappa shape index (κ3) is 10.4. The van der Waals surface area contributed by atoms with Gasteiger partial charge in [-0.2, -0.15) is 0 Å². The third-order valence-electron chi connectivity index (χ3n) is 4.23. The summed E-state index contributed by atoms with van der Waals surface area (Å²) < 4.78 is 0. The molecule has 0 radical (unpaired) electrons. The summed E-state index contributed by atoms with van der Waals surface area (Å²) in [4.78, 5) is 2.64. The van der Waals surface area contributed by atoms with E-state index in [9.17, 15) is 0 Å². The van der Waals surface area contributed by atoms with E-state index in [0.29, 0.717) is 0 Å². The molecule has 2 heteroatoms. The van der Waals surface area contributed by atoms with E-state index >= 15 is 0 Å². The van der Waals surface area contributed by atoms with Crippen LogP contribution in [0.5, 0.6) is 0 Å². The van der Waals surface area contributed by atoms with Crippen LogP contribution in [0.1, 0.15) is 77.6 Å². The molecule has 1 rings (SSSR count). The van der Waals surface area contributed by atoms with E-state index in [1.165, 1.54) is 103 Å². The number of nitrogens with zero attached hydrogens (tertiary/aromatic N) is 1. The van der Waals surface area contributed by atoms with Crippen molar-refractivity contribution in [3.8, 4) is 0 Å². The van der Waals surface area contributed by atoms with Crippen molar-refractivity contribution >= 4 is 0 Å². The molecule has 0 amide bonds. The summed E-state index contributed by atoms with van der Waals surface area (Å²) in [5.41, 5.74) is 0. The number of likely N-dealkylation sites (tertiary alicyclic amines) is 1. The molecule has 0 unspecified atom stereocenters. The fourth-order valence-corrected chi connectivity index (χ4v) is 2.94. The van der Waals surface area contributed by atoms with E-state index in [1.807, 2.05) is 0 Å². The molecule has 0 spiro atoms. The zero-order valence-corrected chi connectivity index (χ0v) is 13.3. The lowest BCUT2D eigenvalue weighted by Gasteiger charge is -2.26. The van der Waals surface area contributed by atoms with Gasteiger partial charge in [-0.05, 0) is 58.4 Å². The monoisotopic (exact) mass is 268 g/mol. The summed E-state index contributed by atoms with van der Waals surface area (Å²) in [6.45, 7) is 8.73. The molecule has 0 bridgehead atoms. The van der Waals surface area contributed by atoms with Crippen molar-refractivity contribution in [2.75, 3.05) is 32.7 Å². The van der Waals surface area contributed by atoms with Gasteiger partial charge in [0.15, 0.2) is 0 Å². The number of hydrogen-bond donors (Lipinski definition) is 1. The maximum atomic E-state index is 3.60. The Bertz CT molecular complexity index is 176. The fourth-order valence-electron chi connectivity index (χ4n) is 2.94. The van der Waals surface area contributed by atoms with Gasteiger partial charge in [-0.15, -0.1) is 0 Å². The molecule has 1 N–H and O–H groups in total. The van der Waals surface area contributed by atoms with Gasteiger partial charge < -0.3 is 10.2 Å². The van der Waals surface area contributed by atoms with Crippen LogP contribution in [-0.2, 0) is 0 Å². The Kier molecular flexibility index (Phi) is 11.5. The van der Waals surface area contributed by atoms with Crippen molar-refractivity contribution in [3.63, 3.8) is 0 Å². The van der Waals surface area contributed by atoms with Crippen LogP contribution >= 0.6 is 0 Å². The second kappa shape index (κ2) is 12.9. The van der Waals surface area contributed by atoms with Gasteiger partial charge in [0.05, 0.1) is 0 Å². The lowest BCUT2D eigenvalue weighted by atomic mass is 10.1. The van der Waals surface area contributed by atoms with E-state index in [4.69, 9.17) is 0 Å². The molecular weight excluding hydrogens is 232 g/mol. The van der Waals surface area contributed by atoms with Gasteiger partial charge in [0.2, 0.25) is 0 Å². The molecule has 0 aliphatic carbocycles. The van der Waals surface area contributed by atoms with Gasteiger partial charge in [-0.25, -0.2) is 0 Å². The molecular formula is C17H36N2. The first-order valence-corrected chi connectivity index (χ1v) is 8.86. The molecule has 0 aromatic carbocycles. The topological polar surface area (TPSA) is 15.3 Å². The lowest BCUT2D eigenvalue weighted by Crippen LogP contribution is -2.32. The van der Waals surface area contributed by atoms with Gasteiger partial charge in [-0.1, -0.05) is 51.9 Å². The van der Waals surface area contributed by atoms with Crippen molar-refractivity contribution in [3.05, 3.63) is 0 Å². The molecule has 1 aliphatic rings. The van der Waals surface area contributed by atoms with Gasteiger partial charge in [-0.3, -0.25) is 0 Å². The van der Waals surface area contributed by atoms with Gasteiger partial charge >= 0.3 is 0 Å². The molecule has 114 valence electrons. The second-order valence-electron chi connectivity index (χ2n) is 6.13. The first-order chi connectivity index (χ1) is 9.43. The Labute approximate surface area is 121 Å². The standard InChI is InChI=1S/C17H36N2/c1-2-3-4-5-6-7-9-13-18-14-12-17-19-15-10-8-11-16-19/h18H,2-17H2,1H3. The number of unbranched alkanes of at least 4 members (excludes halogenated alkanes) is 6. The van der Waals surface area contributed by atoms with E-state index in [0.717, 1.165) is 0 Å². The number of rotatable bonds is 12. The van der Waals surface area contributed by atoms with Crippen LogP contribution in [0.3, 0.4) is 0 Å². The predicted molar refractivity (Wildman–Crippen MR) is 85.8 cm³/mol. The lowest BCUT2D eigenvalue weighted by molar-refractivity contribution is 0.226. The molecule has 1 aliphatic heterocycles. The van der Waals surface area contributed by atoms with E-state index in [2.05, 4.69) is 17.1 Å². The zero-order chi connectivity index (χ0) is 13.6. The first-order valence-electron chi connectivity index (χ1n) is 8.86. The van der Waals surface area contributed by atoms with Crippen LogP contribution in [0.4, 0.5) is 0 Å². The summed E-state index contributed by atoms with van der Waals surface area (Å²) in [7, 11) is 0. The number of hydrogen-bond acceptors (Lipinski definition) is 2. The van der Waals surface area contributed by atoms with Crippen molar-refractivity contribution in [2.24, 2.45) is 0 Å². The van der Waals surface area contributed by atoms with Crippen LogP contribution in [0.2, 0.25) is 0 Å². The summed E-state index contributed by atoms with van der Waals surface area (Å²) in [5, 5.41) is 3.60. The van der Waals surface area contributed by atoms with Crippen LogP contribution < -0.4 is 5.32 Å². The fraction of sp³-hybridized carbons (Fsp3) is 1.00. The third-order valence-corrected chi connectivity index (χ3v) is 4.23. The normalized spacial score (nSPS) is 16.9. The molecule has 0 aromatic rings. The SMILES string of the molecule is CCCCCCCCCNCCCN1CCCCC1. The number of nitrogens with one attached hydrogen (secondary N) is 1. The smallest absolute Gasteiger partial charge is 0.000664 e. The minimum atomic E-state index is 1.21. The van der Waals surface area contributed by atoms with Gasteiger partial charge in [0.1, 0.15) is 0 Å². The maximum Gasteiger partial charge on any atom is -0.000664 e. The summed E-state index contributed by atoms with van der Waals surface area (Å²) in [6, 6.07) is 0. The van der Waals surface area contributed by atoms with Crippen LogP contribution in [0.25, 0.3) is 0 Å². The van der Waals surface area contributed by atoms with Crippen LogP contribution in [0, 0.1) is 0 Å². The van der Waals surface area contributed by atoms with E-state index in [1.54, 1.807) is 0 Å². The average molecular weight is 268 g/mol. The minimum Gasteiger partial charge on any atom is -0.317 e. The number of piperidine rings is 1. The first kappa shape index (κ1) is 17.0. The summed E-state index contributed by atoms with van der Waals surface area (Å²) in [5.74, 6) is 0. The van der Waals surface area contributed by atoms with Crippen molar-refractivity contribution in [2.45, 2.75) is 77.6 Å². The molecule has 0 atom stereocenters. The molecule has 1 heterocycles. The predicted octanol–water partition coefficient (Wildman–Crippen LogP) is 4.20. The Morgan fingerprint density at radius 3 is 2.11 bits per heavy atom. The Morgan fingerprint density at radius 1 is 0.737 bits per heavy atom. The highest BCUT2D eigenvalue weighted by Crippen LogP contribution is 2.08. The highest BCUT2D eigenvalue weighted by atomic mass is 15.1. The highest BCUT2D eigenvalue weighted by molar-refractivity contribution is 4.64. The van der Waals surface area contributed by atoms with Crippen molar-refractivity contribution in [1.29, 1.82) is 0 Å². The average Bonchev–Trinajstić information content (AvgIpc) is 2.46. The quantitative estimate of drug-likeness (QED) is 0.534. The maximum absolute atomic E-state index is 3.60. The molecule has 0 aromatic heterocycles. The Balaban J connectivity index is 1.71. The highest BCUT2D eigenvalue weighted by Gasteiger charge is 2.08.